The standard InChI is InChI=1S/C26H23FN2O3/c1-4-32-21-12-10-20(11-13-21)29-25(30)23(18-6-8-19(27)9-7-18)24(26(29)31)28-22-14-5-16(2)15-17(22)3/h5-15,28H,4H2,1-3H3. The van der Waals surface area contributed by atoms with Crippen molar-refractivity contribution in [3.8, 4) is 5.75 Å². The zero-order valence-electron chi connectivity index (χ0n) is 18.1. The highest BCUT2D eigenvalue weighted by Crippen LogP contribution is 2.35. The Hall–Kier alpha value is -3.93. The topological polar surface area (TPSA) is 58.6 Å². The molecule has 0 aromatic heterocycles. The summed E-state index contributed by atoms with van der Waals surface area (Å²) in [5, 5.41) is 3.16. The lowest BCUT2D eigenvalue weighted by Gasteiger charge is -2.16. The van der Waals surface area contributed by atoms with Crippen molar-refractivity contribution in [1.29, 1.82) is 0 Å². The van der Waals surface area contributed by atoms with Crippen molar-refractivity contribution in [1.82, 2.24) is 0 Å². The van der Waals surface area contributed by atoms with E-state index in [1.165, 1.54) is 24.3 Å². The number of anilines is 2. The van der Waals surface area contributed by atoms with Crippen LogP contribution in [-0.2, 0) is 9.59 Å². The molecule has 0 spiro atoms. The number of imide groups is 1. The number of carbonyl (C=O) groups excluding carboxylic acids is 2. The number of ether oxygens (including phenoxy) is 1. The summed E-state index contributed by atoms with van der Waals surface area (Å²) in [6.07, 6.45) is 0. The van der Waals surface area contributed by atoms with Crippen LogP contribution in [-0.4, -0.2) is 18.4 Å². The van der Waals surface area contributed by atoms with Gasteiger partial charge in [0.25, 0.3) is 11.8 Å². The minimum absolute atomic E-state index is 0.155. The van der Waals surface area contributed by atoms with E-state index in [1.807, 2.05) is 39.0 Å². The molecule has 6 heteroatoms. The van der Waals surface area contributed by atoms with Gasteiger partial charge in [-0.2, -0.15) is 0 Å². The molecule has 4 rings (SSSR count). The third-order valence-corrected chi connectivity index (χ3v) is 5.26. The molecule has 3 aromatic rings. The molecule has 0 saturated carbocycles. The number of hydrogen-bond acceptors (Lipinski definition) is 4. The van der Waals surface area contributed by atoms with Gasteiger partial charge in [0.1, 0.15) is 17.3 Å². The van der Waals surface area contributed by atoms with E-state index < -0.39 is 17.6 Å². The molecule has 5 nitrogen and oxygen atoms in total. The molecule has 2 amide bonds. The highest BCUT2D eigenvalue weighted by Gasteiger charge is 2.40. The number of carbonyl (C=O) groups is 2. The summed E-state index contributed by atoms with van der Waals surface area (Å²) in [4.78, 5) is 28.0. The van der Waals surface area contributed by atoms with Gasteiger partial charge in [0, 0.05) is 5.69 Å². The van der Waals surface area contributed by atoms with Crippen molar-refractivity contribution in [3.05, 3.63) is 94.9 Å². The third-order valence-electron chi connectivity index (χ3n) is 5.26. The number of nitrogens with zero attached hydrogens (tertiary/aromatic N) is 1. The van der Waals surface area contributed by atoms with Crippen LogP contribution in [0.4, 0.5) is 15.8 Å². The average molecular weight is 430 g/mol. The molecule has 1 aliphatic rings. The predicted octanol–water partition coefficient (Wildman–Crippen LogP) is 5.24. The van der Waals surface area contributed by atoms with Crippen LogP contribution in [0.2, 0.25) is 0 Å². The van der Waals surface area contributed by atoms with Gasteiger partial charge in [-0.15, -0.1) is 0 Å². The fraction of sp³-hybridized carbons (Fsp3) is 0.154. The lowest BCUT2D eigenvalue weighted by Crippen LogP contribution is -2.32. The summed E-state index contributed by atoms with van der Waals surface area (Å²) in [6.45, 7) is 6.31. The van der Waals surface area contributed by atoms with Gasteiger partial charge >= 0.3 is 0 Å². The maximum atomic E-state index is 13.5. The molecule has 1 N–H and O–H groups in total. The van der Waals surface area contributed by atoms with Gasteiger partial charge < -0.3 is 10.1 Å². The van der Waals surface area contributed by atoms with Crippen molar-refractivity contribution in [3.63, 3.8) is 0 Å². The first kappa shape index (κ1) is 21.3. The molecule has 32 heavy (non-hydrogen) atoms. The minimum atomic E-state index is -0.474. The second-order valence-electron chi connectivity index (χ2n) is 7.57. The molecule has 1 aliphatic heterocycles. The van der Waals surface area contributed by atoms with Crippen LogP contribution < -0.4 is 15.0 Å². The summed E-state index contributed by atoms with van der Waals surface area (Å²) in [6, 6.07) is 18.1. The Labute approximate surface area is 186 Å². The first-order valence-corrected chi connectivity index (χ1v) is 10.3. The Morgan fingerprint density at radius 2 is 1.59 bits per heavy atom. The molecule has 162 valence electrons. The fourth-order valence-electron chi connectivity index (χ4n) is 3.71. The van der Waals surface area contributed by atoms with Gasteiger partial charge in [-0.25, -0.2) is 9.29 Å². The number of halogens is 1. The van der Waals surface area contributed by atoms with Crippen LogP contribution in [0, 0.1) is 19.7 Å². The fourth-order valence-corrected chi connectivity index (χ4v) is 3.71. The minimum Gasteiger partial charge on any atom is -0.494 e. The van der Waals surface area contributed by atoms with Crippen LogP contribution in [0.1, 0.15) is 23.6 Å². The monoisotopic (exact) mass is 430 g/mol. The first-order valence-electron chi connectivity index (χ1n) is 10.3. The molecular formula is C26H23FN2O3. The van der Waals surface area contributed by atoms with Crippen LogP contribution in [0.15, 0.2) is 72.4 Å². The molecule has 3 aromatic carbocycles. The second-order valence-corrected chi connectivity index (χ2v) is 7.57. The van der Waals surface area contributed by atoms with Gasteiger partial charge in [0.05, 0.1) is 17.9 Å². The molecular weight excluding hydrogens is 407 g/mol. The lowest BCUT2D eigenvalue weighted by molar-refractivity contribution is -0.120. The summed E-state index contributed by atoms with van der Waals surface area (Å²) in [5.74, 6) is -0.717. The molecule has 0 unspecified atom stereocenters. The largest absolute Gasteiger partial charge is 0.494 e. The molecule has 0 bridgehead atoms. The number of aryl methyl sites for hydroxylation is 2. The Morgan fingerprint density at radius 3 is 2.22 bits per heavy atom. The Bertz CT molecular complexity index is 1210. The first-order chi connectivity index (χ1) is 15.4. The van der Waals surface area contributed by atoms with Gasteiger partial charge in [-0.05, 0) is 74.4 Å². The van der Waals surface area contributed by atoms with E-state index in [4.69, 9.17) is 4.74 Å². The summed E-state index contributed by atoms with van der Waals surface area (Å²) >= 11 is 0. The number of rotatable bonds is 6. The zero-order chi connectivity index (χ0) is 22.8. The van der Waals surface area contributed by atoms with Gasteiger partial charge in [-0.1, -0.05) is 29.8 Å². The van der Waals surface area contributed by atoms with Crippen molar-refractivity contribution < 1.29 is 18.7 Å². The molecule has 0 radical (unpaired) electrons. The van der Waals surface area contributed by atoms with Crippen LogP contribution in [0.5, 0.6) is 5.75 Å². The number of nitrogens with one attached hydrogen (secondary N) is 1. The molecule has 0 aliphatic carbocycles. The molecule has 0 atom stereocenters. The highest BCUT2D eigenvalue weighted by molar-refractivity contribution is 6.46. The quantitative estimate of drug-likeness (QED) is 0.544. The van der Waals surface area contributed by atoms with E-state index in [0.717, 1.165) is 21.7 Å². The molecule has 0 fully saturated rings. The maximum absolute atomic E-state index is 13.5. The van der Waals surface area contributed by atoms with E-state index in [1.54, 1.807) is 24.3 Å². The predicted molar refractivity (Wildman–Crippen MR) is 123 cm³/mol. The SMILES string of the molecule is CCOc1ccc(N2C(=O)C(Nc3ccc(C)cc3C)=C(c3ccc(F)cc3)C2=O)cc1. The molecule has 0 saturated heterocycles. The number of benzene rings is 3. The second kappa shape index (κ2) is 8.67. The van der Waals surface area contributed by atoms with E-state index >= 15 is 0 Å². The number of hydrogen-bond donors (Lipinski definition) is 1. The van der Waals surface area contributed by atoms with Crippen LogP contribution >= 0.6 is 0 Å². The van der Waals surface area contributed by atoms with Crippen molar-refractivity contribution in [2.24, 2.45) is 0 Å². The third kappa shape index (κ3) is 3.99. The van der Waals surface area contributed by atoms with E-state index in [0.29, 0.717) is 23.6 Å². The summed E-state index contributed by atoms with van der Waals surface area (Å²) in [7, 11) is 0. The highest BCUT2D eigenvalue weighted by atomic mass is 19.1. The normalized spacial score (nSPS) is 13.7. The maximum Gasteiger partial charge on any atom is 0.282 e. The van der Waals surface area contributed by atoms with Crippen LogP contribution in [0.3, 0.4) is 0 Å². The Kier molecular flexibility index (Phi) is 5.77. The van der Waals surface area contributed by atoms with Crippen LogP contribution in [0.25, 0.3) is 5.57 Å². The van der Waals surface area contributed by atoms with E-state index in [2.05, 4.69) is 5.32 Å². The van der Waals surface area contributed by atoms with E-state index in [9.17, 15) is 14.0 Å². The lowest BCUT2D eigenvalue weighted by atomic mass is 10.0. The number of amides is 2. The van der Waals surface area contributed by atoms with Gasteiger partial charge in [0.2, 0.25) is 0 Å². The van der Waals surface area contributed by atoms with Crippen molar-refractivity contribution in [2.45, 2.75) is 20.8 Å². The smallest absolute Gasteiger partial charge is 0.282 e. The zero-order valence-corrected chi connectivity index (χ0v) is 18.1. The average Bonchev–Trinajstić information content (AvgIpc) is 3.01. The Balaban J connectivity index is 1.78. The van der Waals surface area contributed by atoms with E-state index in [-0.39, 0.29) is 11.3 Å². The van der Waals surface area contributed by atoms with Gasteiger partial charge in [-0.3, -0.25) is 9.59 Å². The summed E-state index contributed by atoms with van der Waals surface area (Å²) < 4.78 is 19.0. The summed E-state index contributed by atoms with van der Waals surface area (Å²) in [5.41, 5.74) is 4.00. The van der Waals surface area contributed by atoms with Gasteiger partial charge in [0.15, 0.2) is 0 Å². The Morgan fingerprint density at radius 1 is 0.906 bits per heavy atom. The van der Waals surface area contributed by atoms with Crippen molar-refractivity contribution >= 4 is 28.8 Å². The molecule has 1 heterocycles. The van der Waals surface area contributed by atoms with Crippen molar-refractivity contribution in [2.75, 3.05) is 16.8 Å².